The summed E-state index contributed by atoms with van der Waals surface area (Å²) >= 11 is 0. The lowest BCUT2D eigenvalue weighted by Crippen LogP contribution is -2.31. The molecular weight excluding hydrogens is 240 g/mol. The van der Waals surface area contributed by atoms with E-state index in [2.05, 4.69) is 32.2 Å². The molecule has 0 spiro atoms. The molecule has 2 aliphatic rings. The van der Waals surface area contributed by atoms with Crippen LogP contribution in [0, 0.1) is 12.8 Å². The van der Waals surface area contributed by atoms with E-state index in [0.717, 1.165) is 30.9 Å². The van der Waals surface area contributed by atoms with Gasteiger partial charge in [-0.2, -0.15) is 0 Å². The zero-order chi connectivity index (χ0) is 13.2. The highest BCUT2D eigenvalue weighted by atomic mass is 16.1. The van der Waals surface area contributed by atoms with Crippen molar-refractivity contribution >= 4 is 5.91 Å². The molecule has 0 aromatic carbocycles. The Morgan fingerprint density at radius 3 is 2.89 bits per heavy atom. The maximum absolute atomic E-state index is 12.1. The van der Waals surface area contributed by atoms with Crippen molar-refractivity contribution in [3.63, 3.8) is 0 Å². The van der Waals surface area contributed by atoms with Gasteiger partial charge in [-0.1, -0.05) is 12.2 Å². The molecule has 3 rings (SSSR count). The molecule has 1 aromatic heterocycles. The van der Waals surface area contributed by atoms with Crippen LogP contribution >= 0.6 is 0 Å². The Hall–Kier alpha value is -1.65. The van der Waals surface area contributed by atoms with Gasteiger partial charge in [0.15, 0.2) is 5.82 Å². The molecule has 1 N–H and O–H groups in total. The Labute approximate surface area is 113 Å². The summed E-state index contributed by atoms with van der Waals surface area (Å²) in [6.07, 6.45) is 9.48. The summed E-state index contributed by atoms with van der Waals surface area (Å²) in [7, 11) is 0. The lowest BCUT2D eigenvalue weighted by molar-refractivity contribution is -0.125. The predicted molar refractivity (Wildman–Crippen MR) is 71.4 cm³/mol. The minimum Gasteiger partial charge on any atom is -0.349 e. The third-order valence-corrected chi connectivity index (χ3v) is 3.91. The van der Waals surface area contributed by atoms with Gasteiger partial charge in [-0.15, -0.1) is 10.2 Å². The Kier molecular flexibility index (Phi) is 3.36. The first kappa shape index (κ1) is 12.4. The van der Waals surface area contributed by atoms with E-state index < -0.39 is 0 Å². The van der Waals surface area contributed by atoms with Crippen molar-refractivity contribution in [1.82, 2.24) is 20.1 Å². The van der Waals surface area contributed by atoms with Gasteiger partial charge in [-0.05, 0) is 39.0 Å². The normalized spacial score (nSPS) is 22.5. The van der Waals surface area contributed by atoms with E-state index in [9.17, 15) is 4.79 Å². The van der Waals surface area contributed by atoms with Gasteiger partial charge in [0.2, 0.25) is 5.91 Å². The van der Waals surface area contributed by atoms with Gasteiger partial charge < -0.3 is 9.88 Å². The van der Waals surface area contributed by atoms with Gasteiger partial charge in [0.25, 0.3) is 0 Å². The van der Waals surface area contributed by atoms with Crippen LogP contribution in [0.25, 0.3) is 0 Å². The van der Waals surface area contributed by atoms with E-state index in [1.807, 2.05) is 6.92 Å². The average molecular weight is 260 g/mol. The Morgan fingerprint density at radius 2 is 2.21 bits per heavy atom. The van der Waals surface area contributed by atoms with E-state index in [1.54, 1.807) is 0 Å². The summed E-state index contributed by atoms with van der Waals surface area (Å²) in [6.45, 7) is 2.47. The van der Waals surface area contributed by atoms with Crippen LogP contribution in [0.2, 0.25) is 0 Å². The molecule has 1 aromatic rings. The first-order chi connectivity index (χ1) is 9.25. The van der Waals surface area contributed by atoms with Gasteiger partial charge in [-0.3, -0.25) is 4.79 Å². The Morgan fingerprint density at radius 1 is 1.37 bits per heavy atom. The summed E-state index contributed by atoms with van der Waals surface area (Å²) in [5, 5.41) is 11.3. The number of carbonyl (C=O) groups excluding carboxylic acids is 1. The quantitative estimate of drug-likeness (QED) is 0.841. The molecule has 0 aliphatic heterocycles. The minimum atomic E-state index is 0.128. The number of amides is 1. The van der Waals surface area contributed by atoms with Crippen LogP contribution in [0.3, 0.4) is 0 Å². The highest BCUT2D eigenvalue weighted by Gasteiger charge is 2.28. The Bertz CT molecular complexity index is 502. The largest absolute Gasteiger partial charge is 0.349 e. The third kappa shape index (κ3) is 2.69. The minimum absolute atomic E-state index is 0.128. The number of aryl methyl sites for hydroxylation is 1. The lowest BCUT2D eigenvalue weighted by atomic mass is 9.94. The molecule has 1 heterocycles. The second-order valence-electron chi connectivity index (χ2n) is 5.46. The second kappa shape index (κ2) is 5.15. The molecule has 1 amide bonds. The van der Waals surface area contributed by atoms with Crippen LogP contribution in [0.4, 0.5) is 0 Å². The van der Waals surface area contributed by atoms with E-state index >= 15 is 0 Å². The van der Waals surface area contributed by atoms with Gasteiger partial charge in [0.1, 0.15) is 5.82 Å². The van der Waals surface area contributed by atoms with Crippen molar-refractivity contribution in [2.45, 2.75) is 51.6 Å². The molecule has 1 atom stereocenters. The first-order valence-corrected chi connectivity index (χ1v) is 7.09. The number of carbonyl (C=O) groups is 1. The Balaban J connectivity index is 1.60. The van der Waals surface area contributed by atoms with Crippen LogP contribution in [0.1, 0.15) is 49.8 Å². The molecule has 102 valence electrons. The summed E-state index contributed by atoms with van der Waals surface area (Å²) in [5.74, 6) is 2.11. The molecule has 0 bridgehead atoms. The van der Waals surface area contributed by atoms with Gasteiger partial charge in [0.05, 0.1) is 6.54 Å². The van der Waals surface area contributed by atoms with E-state index in [1.165, 1.54) is 12.8 Å². The number of nitrogens with one attached hydrogen (secondary N) is 1. The molecule has 1 unspecified atom stereocenters. The van der Waals surface area contributed by atoms with Crippen molar-refractivity contribution in [2.24, 2.45) is 5.92 Å². The highest BCUT2D eigenvalue weighted by molar-refractivity contribution is 5.78. The summed E-state index contributed by atoms with van der Waals surface area (Å²) in [6, 6.07) is 0.555. The summed E-state index contributed by atoms with van der Waals surface area (Å²) in [5.41, 5.74) is 0. The SMILES string of the molecule is Cc1nnc(CNC(=O)C2CC=CCC2)n1C1CC1. The maximum Gasteiger partial charge on any atom is 0.223 e. The van der Waals surface area contributed by atoms with Gasteiger partial charge in [-0.25, -0.2) is 0 Å². The molecule has 19 heavy (non-hydrogen) atoms. The molecule has 5 heteroatoms. The van der Waals surface area contributed by atoms with Crippen molar-refractivity contribution in [3.8, 4) is 0 Å². The highest BCUT2D eigenvalue weighted by Crippen LogP contribution is 2.36. The van der Waals surface area contributed by atoms with Crippen molar-refractivity contribution < 1.29 is 4.79 Å². The van der Waals surface area contributed by atoms with Crippen LogP contribution < -0.4 is 5.32 Å². The van der Waals surface area contributed by atoms with Crippen LogP contribution in [0.15, 0.2) is 12.2 Å². The fraction of sp³-hybridized carbons (Fsp3) is 0.643. The van der Waals surface area contributed by atoms with Crippen LogP contribution in [-0.2, 0) is 11.3 Å². The number of hydrogen-bond acceptors (Lipinski definition) is 3. The first-order valence-electron chi connectivity index (χ1n) is 7.09. The zero-order valence-electron chi connectivity index (χ0n) is 11.3. The van der Waals surface area contributed by atoms with Gasteiger partial charge >= 0.3 is 0 Å². The molecule has 0 radical (unpaired) electrons. The lowest BCUT2D eigenvalue weighted by Gasteiger charge is -2.17. The standard InChI is InChI=1S/C14H20N4O/c1-10-16-17-13(18(10)12-7-8-12)9-15-14(19)11-5-3-2-4-6-11/h2-3,11-12H,4-9H2,1H3,(H,15,19). The zero-order valence-corrected chi connectivity index (χ0v) is 11.3. The second-order valence-corrected chi connectivity index (χ2v) is 5.46. The molecule has 5 nitrogen and oxygen atoms in total. The topological polar surface area (TPSA) is 59.8 Å². The molecular formula is C14H20N4O. The smallest absolute Gasteiger partial charge is 0.223 e. The van der Waals surface area contributed by atoms with E-state index in [4.69, 9.17) is 0 Å². The van der Waals surface area contributed by atoms with Crippen LogP contribution in [-0.4, -0.2) is 20.7 Å². The van der Waals surface area contributed by atoms with Gasteiger partial charge in [0, 0.05) is 12.0 Å². The predicted octanol–water partition coefficient (Wildman–Crippen LogP) is 1.89. The fourth-order valence-electron chi connectivity index (χ4n) is 2.68. The summed E-state index contributed by atoms with van der Waals surface area (Å²) in [4.78, 5) is 12.1. The number of rotatable bonds is 4. The fourth-order valence-corrected chi connectivity index (χ4v) is 2.68. The van der Waals surface area contributed by atoms with Crippen molar-refractivity contribution in [2.75, 3.05) is 0 Å². The number of nitrogens with zero attached hydrogens (tertiary/aromatic N) is 3. The molecule has 1 fully saturated rings. The molecule has 1 saturated carbocycles. The maximum atomic E-state index is 12.1. The number of allylic oxidation sites excluding steroid dienone is 2. The molecule has 0 saturated heterocycles. The van der Waals surface area contributed by atoms with Crippen LogP contribution in [0.5, 0.6) is 0 Å². The van der Waals surface area contributed by atoms with Crippen molar-refractivity contribution in [1.29, 1.82) is 0 Å². The number of aromatic nitrogens is 3. The average Bonchev–Trinajstić information content (AvgIpc) is 3.21. The third-order valence-electron chi connectivity index (χ3n) is 3.91. The van der Waals surface area contributed by atoms with E-state index in [-0.39, 0.29) is 11.8 Å². The monoisotopic (exact) mass is 260 g/mol. The summed E-state index contributed by atoms with van der Waals surface area (Å²) < 4.78 is 2.17. The van der Waals surface area contributed by atoms with E-state index in [0.29, 0.717) is 12.6 Å². The van der Waals surface area contributed by atoms with Crippen molar-refractivity contribution in [3.05, 3.63) is 23.8 Å². The number of hydrogen-bond donors (Lipinski definition) is 1. The molecule has 2 aliphatic carbocycles.